The molecule has 1 atom stereocenters. The summed E-state index contributed by atoms with van der Waals surface area (Å²) >= 11 is 6.08. The number of nitrogens with zero attached hydrogens (tertiary/aromatic N) is 2. The van der Waals surface area contributed by atoms with Crippen LogP contribution in [0.15, 0.2) is 6.33 Å². The van der Waals surface area contributed by atoms with Crippen molar-refractivity contribution in [3.63, 3.8) is 0 Å². The Morgan fingerprint density at radius 3 is 2.94 bits per heavy atom. The molecule has 0 saturated carbocycles. The van der Waals surface area contributed by atoms with Gasteiger partial charge in [-0.05, 0) is 5.92 Å². The van der Waals surface area contributed by atoms with E-state index in [0.29, 0.717) is 37.2 Å². The quantitative estimate of drug-likeness (QED) is 0.818. The maximum atomic E-state index is 10.2. The number of ether oxygens (including phenoxy) is 1. The maximum Gasteiger partial charge on any atom is 0.138 e. The molecule has 1 aromatic heterocycles. The lowest BCUT2D eigenvalue weighted by Crippen LogP contribution is -2.37. The highest BCUT2D eigenvalue weighted by Gasteiger charge is 2.32. The molecule has 0 amide bonds. The van der Waals surface area contributed by atoms with Crippen molar-refractivity contribution in [1.29, 1.82) is 0 Å². The first-order valence-electron chi connectivity index (χ1n) is 6.06. The van der Waals surface area contributed by atoms with Crippen LogP contribution in [0.2, 0.25) is 5.15 Å². The van der Waals surface area contributed by atoms with Gasteiger partial charge < -0.3 is 15.2 Å². The van der Waals surface area contributed by atoms with Crippen molar-refractivity contribution in [1.82, 2.24) is 9.97 Å². The summed E-state index contributed by atoms with van der Waals surface area (Å²) in [6, 6.07) is 0. The van der Waals surface area contributed by atoms with Crippen molar-refractivity contribution < 1.29 is 9.84 Å². The van der Waals surface area contributed by atoms with Gasteiger partial charge in [-0.1, -0.05) is 25.4 Å². The van der Waals surface area contributed by atoms with E-state index < -0.39 is 5.60 Å². The first kappa shape index (κ1) is 13.5. The number of rotatable bonds is 4. The topological polar surface area (TPSA) is 67.3 Å². The minimum Gasteiger partial charge on any atom is -0.386 e. The number of hydrogen-bond acceptors (Lipinski definition) is 5. The monoisotopic (exact) mass is 271 g/mol. The van der Waals surface area contributed by atoms with E-state index in [1.807, 2.05) is 13.8 Å². The van der Waals surface area contributed by atoms with E-state index in [0.717, 1.165) is 5.56 Å². The third-order valence-electron chi connectivity index (χ3n) is 3.08. The molecule has 2 heterocycles. The molecule has 0 spiro atoms. The number of hydrogen-bond donors (Lipinski definition) is 2. The summed E-state index contributed by atoms with van der Waals surface area (Å²) in [5.41, 5.74) is 0.0627. The fourth-order valence-electron chi connectivity index (χ4n) is 2.01. The standard InChI is InChI=1S/C12H18ClN3O2/c1-8(2)9-10(13)15-7-16-11(9)14-5-12(17)3-4-18-6-12/h7-8,17H,3-6H2,1-2H3,(H,14,15,16). The summed E-state index contributed by atoms with van der Waals surface area (Å²) in [7, 11) is 0. The van der Waals surface area contributed by atoms with Gasteiger partial charge in [0, 0.05) is 25.1 Å². The van der Waals surface area contributed by atoms with Crippen LogP contribution in [-0.4, -0.2) is 40.4 Å². The second-order valence-corrected chi connectivity index (χ2v) is 5.32. The molecule has 6 heteroatoms. The summed E-state index contributed by atoms with van der Waals surface area (Å²) < 4.78 is 5.20. The molecule has 1 aromatic rings. The zero-order chi connectivity index (χ0) is 13.2. The van der Waals surface area contributed by atoms with Crippen LogP contribution < -0.4 is 5.32 Å². The lowest BCUT2D eigenvalue weighted by atomic mass is 10.0. The first-order valence-corrected chi connectivity index (χ1v) is 6.44. The minimum atomic E-state index is -0.814. The van der Waals surface area contributed by atoms with Crippen molar-refractivity contribution >= 4 is 17.4 Å². The molecule has 5 nitrogen and oxygen atoms in total. The van der Waals surface area contributed by atoms with Gasteiger partial charge in [0.15, 0.2) is 0 Å². The fourth-order valence-corrected chi connectivity index (χ4v) is 2.36. The van der Waals surface area contributed by atoms with Gasteiger partial charge in [0.05, 0.1) is 6.61 Å². The van der Waals surface area contributed by atoms with Gasteiger partial charge in [-0.15, -0.1) is 0 Å². The van der Waals surface area contributed by atoms with E-state index in [4.69, 9.17) is 16.3 Å². The molecule has 100 valence electrons. The van der Waals surface area contributed by atoms with Crippen LogP contribution in [0.25, 0.3) is 0 Å². The number of nitrogens with one attached hydrogen (secondary N) is 1. The molecule has 1 unspecified atom stereocenters. The highest BCUT2D eigenvalue weighted by atomic mass is 35.5. The lowest BCUT2D eigenvalue weighted by molar-refractivity contribution is 0.0381. The van der Waals surface area contributed by atoms with E-state index in [1.54, 1.807) is 0 Å². The molecule has 18 heavy (non-hydrogen) atoms. The van der Waals surface area contributed by atoms with Crippen LogP contribution >= 0.6 is 11.6 Å². The molecule has 1 fully saturated rings. The SMILES string of the molecule is CC(C)c1c(Cl)ncnc1NCC1(O)CCOC1. The van der Waals surface area contributed by atoms with E-state index >= 15 is 0 Å². The molecule has 1 aliphatic rings. The van der Waals surface area contributed by atoms with Gasteiger partial charge in [-0.2, -0.15) is 0 Å². The second kappa shape index (κ2) is 5.38. The normalized spacial score (nSPS) is 23.6. The molecule has 0 aliphatic carbocycles. The minimum absolute atomic E-state index is 0.218. The molecule has 2 rings (SSSR count). The zero-order valence-corrected chi connectivity index (χ0v) is 11.4. The molecular weight excluding hydrogens is 254 g/mol. The molecule has 2 N–H and O–H groups in total. The smallest absolute Gasteiger partial charge is 0.138 e. The van der Waals surface area contributed by atoms with Crippen LogP contribution in [-0.2, 0) is 4.74 Å². The maximum absolute atomic E-state index is 10.2. The van der Waals surface area contributed by atoms with Crippen LogP contribution in [0.5, 0.6) is 0 Å². The van der Waals surface area contributed by atoms with E-state index in [2.05, 4.69) is 15.3 Å². The van der Waals surface area contributed by atoms with Crippen molar-refractivity contribution in [2.45, 2.75) is 31.8 Å². The Morgan fingerprint density at radius 1 is 1.56 bits per heavy atom. The highest BCUT2D eigenvalue weighted by molar-refractivity contribution is 6.30. The molecule has 1 aliphatic heterocycles. The van der Waals surface area contributed by atoms with Gasteiger partial charge >= 0.3 is 0 Å². The third kappa shape index (κ3) is 2.91. The number of halogens is 1. The van der Waals surface area contributed by atoms with Crippen LogP contribution in [0.4, 0.5) is 5.82 Å². The molecule has 0 radical (unpaired) electrons. The number of aromatic nitrogens is 2. The van der Waals surface area contributed by atoms with Crippen LogP contribution in [0.3, 0.4) is 0 Å². The van der Waals surface area contributed by atoms with Gasteiger partial charge in [-0.25, -0.2) is 9.97 Å². The van der Waals surface area contributed by atoms with Crippen molar-refractivity contribution in [3.8, 4) is 0 Å². The Bertz CT molecular complexity index is 420. The average molecular weight is 272 g/mol. The third-order valence-corrected chi connectivity index (χ3v) is 3.38. The molecule has 1 saturated heterocycles. The predicted octanol–water partition coefficient (Wildman–Crippen LogP) is 1.82. The van der Waals surface area contributed by atoms with Gasteiger partial charge in [0.1, 0.15) is 22.9 Å². The summed E-state index contributed by atoms with van der Waals surface area (Å²) in [4.78, 5) is 8.18. The number of anilines is 1. The van der Waals surface area contributed by atoms with Crippen molar-refractivity contribution in [2.75, 3.05) is 25.1 Å². The van der Waals surface area contributed by atoms with Crippen LogP contribution in [0, 0.1) is 0 Å². The molecule has 0 aromatic carbocycles. The Labute approximate surface area is 112 Å². The highest BCUT2D eigenvalue weighted by Crippen LogP contribution is 2.28. The summed E-state index contributed by atoms with van der Waals surface area (Å²) in [5, 5.41) is 13.8. The Morgan fingerprint density at radius 2 is 2.33 bits per heavy atom. The molecular formula is C12H18ClN3O2. The van der Waals surface area contributed by atoms with E-state index in [-0.39, 0.29) is 5.92 Å². The molecule has 0 bridgehead atoms. The summed E-state index contributed by atoms with van der Waals surface area (Å²) in [5.74, 6) is 0.904. The Hall–Kier alpha value is -0.910. The predicted molar refractivity (Wildman–Crippen MR) is 70.0 cm³/mol. The lowest BCUT2D eigenvalue weighted by Gasteiger charge is -2.22. The first-order chi connectivity index (χ1) is 8.52. The van der Waals surface area contributed by atoms with Crippen molar-refractivity contribution in [3.05, 3.63) is 17.0 Å². The summed E-state index contributed by atoms with van der Waals surface area (Å²) in [6.07, 6.45) is 2.06. The number of aliphatic hydroxyl groups is 1. The Kier molecular flexibility index (Phi) is 4.04. The van der Waals surface area contributed by atoms with Crippen molar-refractivity contribution in [2.24, 2.45) is 0 Å². The zero-order valence-electron chi connectivity index (χ0n) is 10.6. The Balaban J connectivity index is 2.11. The van der Waals surface area contributed by atoms with Gasteiger partial charge in [0.25, 0.3) is 0 Å². The van der Waals surface area contributed by atoms with Crippen LogP contribution in [0.1, 0.15) is 31.7 Å². The summed E-state index contributed by atoms with van der Waals surface area (Å²) in [6.45, 7) is 5.42. The fraction of sp³-hybridized carbons (Fsp3) is 0.667. The second-order valence-electron chi connectivity index (χ2n) is 4.96. The van der Waals surface area contributed by atoms with E-state index in [9.17, 15) is 5.11 Å². The van der Waals surface area contributed by atoms with Gasteiger partial charge in [-0.3, -0.25) is 0 Å². The average Bonchev–Trinajstić information content (AvgIpc) is 2.73. The van der Waals surface area contributed by atoms with E-state index in [1.165, 1.54) is 6.33 Å². The largest absolute Gasteiger partial charge is 0.386 e. The van der Waals surface area contributed by atoms with Gasteiger partial charge in [0.2, 0.25) is 0 Å².